The number of cyclic esters (lactones) is 1. The van der Waals surface area contributed by atoms with Crippen LogP contribution in [0.5, 0.6) is 0 Å². The summed E-state index contributed by atoms with van der Waals surface area (Å²) in [7, 11) is 0. The van der Waals surface area contributed by atoms with E-state index in [1.165, 1.54) is 5.01 Å². The smallest absolute Gasteiger partial charge is 0.325 e. The van der Waals surface area contributed by atoms with Gasteiger partial charge in [-0.1, -0.05) is 24.3 Å². The number of carbonyl (C=O) groups excluding carboxylic acids is 4. The number of fused-ring (bicyclic) bond motifs is 4. The number of hydrogen-bond donors (Lipinski definition) is 3. The summed E-state index contributed by atoms with van der Waals surface area (Å²) in [5.41, 5.74) is 4.21. The lowest BCUT2D eigenvalue weighted by atomic mass is 9.90. The third-order valence-corrected chi connectivity index (χ3v) is 8.04. The summed E-state index contributed by atoms with van der Waals surface area (Å²) in [6.07, 6.45) is 9.27. The van der Waals surface area contributed by atoms with Gasteiger partial charge in [0.15, 0.2) is 0 Å². The minimum atomic E-state index is -0.998. The molecule has 11 nitrogen and oxygen atoms in total. The number of nitrogens with one attached hydrogen (secondary N) is 3. The van der Waals surface area contributed by atoms with Gasteiger partial charge in [-0.2, -0.15) is 0 Å². The first kappa shape index (κ1) is 30.8. The van der Waals surface area contributed by atoms with Crippen LogP contribution in [0.1, 0.15) is 63.5 Å². The molecule has 0 unspecified atom stereocenters. The van der Waals surface area contributed by atoms with E-state index in [1.54, 1.807) is 57.6 Å². The summed E-state index contributed by atoms with van der Waals surface area (Å²) in [6, 6.07) is 8.65. The number of benzene rings is 1. The van der Waals surface area contributed by atoms with Crippen molar-refractivity contribution in [2.45, 2.75) is 71.2 Å². The fourth-order valence-electron chi connectivity index (χ4n) is 5.25. The molecule has 0 radical (unpaired) electrons. The van der Waals surface area contributed by atoms with E-state index in [4.69, 9.17) is 4.74 Å². The number of hydrazine groups is 1. The maximum absolute atomic E-state index is 13.6. The molecule has 3 amide bonds. The zero-order valence-corrected chi connectivity index (χ0v) is 25.4. The molecular formula is C33H38N6O5. The highest BCUT2D eigenvalue weighted by atomic mass is 16.5. The van der Waals surface area contributed by atoms with Crippen molar-refractivity contribution in [3.63, 3.8) is 0 Å². The van der Waals surface area contributed by atoms with Crippen LogP contribution in [0, 0.1) is 5.41 Å². The highest BCUT2D eigenvalue weighted by Gasteiger charge is 2.34. The van der Waals surface area contributed by atoms with Crippen LogP contribution in [0.2, 0.25) is 0 Å². The van der Waals surface area contributed by atoms with Crippen LogP contribution < -0.4 is 16.1 Å². The van der Waals surface area contributed by atoms with Crippen LogP contribution in [0.4, 0.5) is 0 Å². The number of pyridine rings is 2. The van der Waals surface area contributed by atoms with Crippen LogP contribution in [-0.2, 0) is 30.3 Å². The Morgan fingerprint density at radius 1 is 1.02 bits per heavy atom. The summed E-state index contributed by atoms with van der Waals surface area (Å²) in [5.74, 6) is -1.74. The number of ether oxygens (including phenoxy) is 1. The summed E-state index contributed by atoms with van der Waals surface area (Å²) in [5, 5.41) is 8.83. The van der Waals surface area contributed by atoms with Gasteiger partial charge < -0.3 is 15.4 Å². The Morgan fingerprint density at radius 3 is 2.61 bits per heavy atom. The Kier molecular flexibility index (Phi) is 9.05. The first-order chi connectivity index (χ1) is 21.0. The number of amides is 3. The third-order valence-electron chi connectivity index (χ3n) is 8.04. The van der Waals surface area contributed by atoms with Crippen molar-refractivity contribution >= 4 is 40.5 Å². The Labute approximate surface area is 256 Å². The topological polar surface area (TPSA) is 143 Å². The lowest BCUT2D eigenvalue weighted by Gasteiger charge is -2.35. The van der Waals surface area contributed by atoms with E-state index in [9.17, 15) is 19.2 Å². The van der Waals surface area contributed by atoms with Gasteiger partial charge in [-0.15, -0.1) is 0 Å². The van der Waals surface area contributed by atoms with E-state index in [0.29, 0.717) is 25.1 Å². The van der Waals surface area contributed by atoms with Gasteiger partial charge in [0, 0.05) is 36.9 Å². The molecule has 5 rings (SSSR count). The molecular weight excluding hydrogens is 560 g/mol. The van der Waals surface area contributed by atoms with Crippen LogP contribution >= 0.6 is 0 Å². The number of esters is 1. The Morgan fingerprint density at radius 2 is 1.84 bits per heavy atom. The van der Waals surface area contributed by atoms with E-state index in [0.717, 1.165) is 21.9 Å². The van der Waals surface area contributed by atoms with Crippen molar-refractivity contribution in [1.29, 1.82) is 0 Å². The van der Waals surface area contributed by atoms with Crippen molar-refractivity contribution < 1.29 is 23.9 Å². The molecule has 4 heterocycles. The predicted molar refractivity (Wildman–Crippen MR) is 164 cm³/mol. The molecule has 3 aromatic rings. The number of aromatic nitrogens is 2. The van der Waals surface area contributed by atoms with Crippen LogP contribution in [0.3, 0.4) is 0 Å². The number of nitrogens with zero attached hydrogens (tertiary/aromatic N) is 3. The molecule has 2 aromatic heterocycles. The van der Waals surface area contributed by atoms with Crippen LogP contribution in [-0.4, -0.2) is 63.3 Å². The van der Waals surface area contributed by atoms with Crippen molar-refractivity contribution in [3.8, 4) is 0 Å². The second kappa shape index (κ2) is 12.9. The Bertz CT molecular complexity index is 1590. The molecule has 230 valence electrons. The number of carbonyl (C=O) groups is 4. The molecule has 4 atom stereocenters. The summed E-state index contributed by atoms with van der Waals surface area (Å²) in [6.45, 7) is 7.27. The van der Waals surface area contributed by atoms with Crippen molar-refractivity contribution in [2.75, 3.05) is 6.54 Å². The summed E-state index contributed by atoms with van der Waals surface area (Å²) in [4.78, 5) is 62.3. The molecule has 3 N–H and O–H groups in total. The fourth-order valence-corrected chi connectivity index (χ4v) is 5.25. The molecule has 0 aliphatic carbocycles. The quantitative estimate of drug-likeness (QED) is 0.382. The third kappa shape index (κ3) is 7.11. The molecule has 2 aliphatic rings. The Hall–Kier alpha value is -4.64. The average molecular weight is 599 g/mol. The van der Waals surface area contributed by atoms with E-state index >= 15 is 0 Å². The molecule has 2 aliphatic heterocycles. The monoisotopic (exact) mass is 598 g/mol. The lowest BCUT2D eigenvalue weighted by molar-refractivity contribution is -0.157. The fraction of sp³-hybridized carbons (Fsp3) is 0.394. The molecule has 0 spiro atoms. The zero-order chi connectivity index (χ0) is 31.4. The van der Waals surface area contributed by atoms with Crippen molar-refractivity contribution in [1.82, 2.24) is 31.0 Å². The first-order valence-electron chi connectivity index (χ1n) is 14.9. The van der Waals surface area contributed by atoms with Gasteiger partial charge >= 0.3 is 5.97 Å². The molecule has 1 aromatic carbocycles. The largest absolute Gasteiger partial charge is 0.457 e. The SMILES string of the molecule is C[C@@H]1NC(=O)[C@H](Cc2cccnc2)NC(=O)C(C)(C)/C=C/c2cc3cc(ccc3cn2)[C@@H](C)OC(=O)[C@@H]2CCCN(N2)C1=O. The number of rotatable bonds is 2. The first-order valence-corrected chi connectivity index (χ1v) is 14.9. The van der Waals surface area contributed by atoms with Gasteiger partial charge in [0.2, 0.25) is 11.8 Å². The highest BCUT2D eigenvalue weighted by molar-refractivity contribution is 5.94. The van der Waals surface area contributed by atoms with E-state index in [1.807, 2.05) is 37.3 Å². The van der Waals surface area contributed by atoms with Gasteiger partial charge in [0.05, 0.1) is 11.1 Å². The standard InChI is InChI=1S/C33H38N6O5/c1-20-30(41)39-14-6-8-27(38-39)31(42)44-21(2)23-9-10-24-19-35-26(17-25(24)16-23)11-12-33(3,4)32(43)37-28(29(40)36-20)15-22-7-5-13-34-18-22/h5,7,9-13,16-21,27-28,38H,6,8,14-15H2,1-4H3,(H,36,40)(H,37,43)/b12-11+/t20-,21+,27-,28-/m0/s1. The minimum absolute atomic E-state index is 0.175. The molecule has 0 saturated carbocycles. The second-order valence-corrected chi connectivity index (χ2v) is 12.0. The van der Waals surface area contributed by atoms with E-state index in [2.05, 4.69) is 26.0 Å². The predicted octanol–water partition coefficient (Wildman–Crippen LogP) is 3.01. The van der Waals surface area contributed by atoms with Crippen LogP contribution in [0.15, 0.2) is 61.1 Å². The molecule has 1 saturated heterocycles. The molecule has 5 bridgehead atoms. The van der Waals surface area contributed by atoms with E-state index in [-0.39, 0.29) is 12.3 Å². The lowest BCUT2D eigenvalue weighted by Crippen LogP contribution is -2.61. The van der Waals surface area contributed by atoms with Gasteiger partial charge in [-0.05, 0) is 81.3 Å². The van der Waals surface area contributed by atoms with E-state index < -0.39 is 47.4 Å². The average Bonchev–Trinajstić information content (AvgIpc) is 3.02. The highest BCUT2D eigenvalue weighted by Crippen LogP contribution is 2.26. The summed E-state index contributed by atoms with van der Waals surface area (Å²) < 4.78 is 5.82. The molecule has 44 heavy (non-hydrogen) atoms. The Balaban J connectivity index is 1.49. The van der Waals surface area contributed by atoms with Gasteiger partial charge in [-0.25, -0.2) is 5.43 Å². The van der Waals surface area contributed by atoms with Gasteiger partial charge in [0.1, 0.15) is 24.2 Å². The van der Waals surface area contributed by atoms with Gasteiger partial charge in [0.25, 0.3) is 5.91 Å². The van der Waals surface area contributed by atoms with Gasteiger partial charge in [-0.3, -0.25) is 34.2 Å². The summed E-state index contributed by atoms with van der Waals surface area (Å²) >= 11 is 0. The maximum Gasteiger partial charge on any atom is 0.325 e. The van der Waals surface area contributed by atoms with Crippen molar-refractivity contribution in [2.24, 2.45) is 5.41 Å². The second-order valence-electron chi connectivity index (χ2n) is 12.0. The zero-order valence-electron chi connectivity index (χ0n) is 25.4. The normalized spacial score (nSPS) is 25.6. The maximum atomic E-state index is 13.6. The molecule has 1 fully saturated rings. The van der Waals surface area contributed by atoms with Crippen LogP contribution in [0.25, 0.3) is 16.8 Å². The minimum Gasteiger partial charge on any atom is -0.457 e. The van der Waals surface area contributed by atoms with Crippen molar-refractivity contribution in [3.05, 3.63) is 77.9 Å². The number of hydrogen-bond acceptors (Lipinski definition) is 8. The molecule has 11 heteroatoms.